The number of anilines is 1. The molecule has 1 aromatic heterocycles. The molecule has 0 aliphatic carbocycles. The topological polar surface area (TPSA) is 45.7 Å². The van der Waals surface area contributed by atoms with Crippen molar-refractivity contribution in [1.82, 2.24) is 9.88 Å². The molecule has 1 amide bonds. The van der Waals surface area contributed by atoms with Gasteiger partial charge >= 0.3 is 0 Å². The molecular formula is C22H26ClN3O2S. The first-order valence-electron chi connectivity index (χ1n) is 9.73. The lowest BCUT2D eigenvalue weighted by Gasteiger charge is -2.22. The van der Waals surface area contributed by atoms with Gasteiger partial charge in [0, 0.05) is 23.7 Å². The Morgan fingerprint density at radius 2 is 1.90 bits per heavy atom. The van der Waals surface area contributed by atoms with Crippen LogP contribution in [0.25, 0.3) is 10.2 Å². The van der Waals surface area contributed by atoms with E-state index in [9.17, 15) is 4.79 Å². The molecule has 7 heteroatoms. The van der Waals surface area contributed by atoms with Crippen molar-refractivity contribution < 1.29 is 9.53 Å². The van der Waals surface area contributed by atoms with E-state index in [2.05, 4.69) is 16.8 Å². The highest BCUT2D eigenvalue weighted by atomic mass is 35.5. The van der Waals surface area contributed by atoms with Crippen LogP contribution in [0.5, 0.6) is 5.75 Å². The Morgan fingerprint density at radius 3 is 2.59 bits per heavy atom. The number of benzene rings is 2. The van der Waals surface area contributed by atoms with E-state index in [0.717, 1.165) is 35.4 Å². The van der Waals surface area contributed by atoms with Gasteiger partial charge in [-0.2, -0.15) is 0 Å². The molecule has 2 aromatic carbocycles. The molecule has 3 aromatic rings. The van der Waals surface area contributed by atoms with E-state index in [-0.39, 0.29) is 5.91 Å². The summed E-state index contributed by atoms with van der Waals surface area (Å²) in [5.74, 6) is 0.710. The van der Waals surface area contributed by atoms with Crippen LogP contribution < -0.4 is 9.64 Å². The number of nitrogens with zero attached hydrogens (tertiary/aromatic N) is 3. The van der Waals surface area contributed by atoms with E-state index in [0.29, 0.717) is 28.9 Å². The molecule has 0 unspecified atom stereocenters. The molecule has 0 atom stereocenters. The van der Waals surface area contributed by atoms with Crippen LogP contribution in [0.15, 0.2) is 42.5 Å². The summed E-state index contributed by atoms with van der Waals surface area (Å²) in [5, 5.41) is 1.34. The van der Waals surface area contributed by atoms with Gasteiger partial charge in [-0.15, -0.1) is 0 Å². The third kappa shape index (κ3) is 5.69. The molecule has 0 spiro atoms. The number of likely N-dealkylation sites (N-methyl/N-ethyl adjacent to an activating group) is 1. The van der Waals surface area contributed by atoms with Crippen LogP contribution in [0.2, 0.25) is 5.02 Å². The van der Waals surface area contributed by atoms with E-state index in [1.54, 1.807) is 4.90 Å². The number of unbranched alkanes of at least 4 members (excludes halogenated alkanes) is 1. The fourth-order valence-corrected chi connectivity index (χ4v) is 4.04. The Balaban J connectivity index is 1.84. The molecule has 29 heavy (non-hydrogen) atoms. The molecule has 1 heterocycles. The van der Waals surface area contributed by atoms with Gasteiger partial charge < -0.3 is 9.64 Å². The fourth-order valence-electron chi connectivity index (χ4n) is 2.77. The largest absolute Gasteiger partial charge is 0.494 e. The summed E-state index contributed by atoms with van der Waals surface area (Å²) >= 11 is 7.59. The molecule has 0 aliphatic rings. The lowest BCUT2D eigenvalue weighted by molar-refractivity contribution is 0.0985. The van der Waals surface area contributed by atoms with E-state index in [4.69, 9.17) is 16.3 Å². The number of fused-ring (bicyclic) bond motifs is 1. The number of halogens is 1. The summed E-state index contributed by atoms with van der Waals surface area (Å²) in [4.78, 5) is 21.7. The monoisotopic (exact) mass is 431 g/mol. The number of hydrogen-bond donors (Lipinski definition) is 0. The maximum Gasteiger partial charge on any atom is 0.260 e. The van der Waals surface area contributed by atoms with Crippen LogP contribution >= 0.6 is 22.9 Å². The molecule has 0 radical (unpaired) electrons. The number of carbonyl (C=O) groups is 1. The number of thiazole rings is 1. The molecular weight excluding hydrogens is 406 g/mol. The average Bonchev–Trinajstić information content (AvgIpc) is 3.11. The first kappa shape index (κ1) is 21.6. The highest BCUT2D eigenvalue weighted by Gasteiger charge is 2.21. The van der Waals surface area contributed by atoms with E-state index in [1.165, 1.54) is 11.3 Å². The minimum atomic E-state index is -0.0721. The number of aromatic nitrogens is 1. The minimum absolute atomic E-state index is 0.0721. The first-order valence-corrected chi connectivity index (χ1v) is 10.9. The Kier molecular flexibility index (Phi) is 7.47. The molecule has 0 aliphatic heterocycles. The lowest BCUT2D eigenvalue weighted by Crippen LogP contribution is -2.36. The molecule has 0 fully saturated rings. The van der Waals surface area contributed by atoms with Crippen molar-refractivity contribution in [1.29, 1.82) is 0 Å². The highest BCUT2D eigenvalue weighted by molar-refractivity contribution is 7.22. The predicted octanol–water partition coefficient (Wildman–Crippen LogP) is 5.34. The zero-order valence-electron chi connectivity index (χ0n) is 17.0. The summed E-state index contributed by atoms with van der Waals surface area (Å²) in [6, 6.07) is 12.9. The smallest absolute Gasteiger partial charge is 0.260 e. The van der Waals surface area contributed by atoms with Crippen LogP contribution in [-0.4, -0.2) is 49.6 Å². The van der Waals surface area contributed by atoms with Gasteiger partial charge in [-0.25, -0.2) is 4.98 Å². The lowest BCUT2D eigenvalue weighted by atomic mass is 10.2. The van der Waals surface area contributed by atoms with Gasteiger partial charge in [0.1, 0.15) is 5.75 Å². The van der Waals surface area contributed by atoms with Gasteiger partial charge in [-0.1, -0.05) is 36.3 Å². The molecule has 0 N–H and O–H groups in total. The van der Waals surface area contributed by atoms with E-state index < -0.39 is 0 Å². The second-order valence-corrected chi connectivity index (χ2v) is 8.54. The van der Waals surface area contributed by atoms with Crippen LogP contribution in [0.4, 0.5) is 5.13 Å². The fraction of sp³-hybridized carbons (Fsp3) is 0.364. The quantitative estimate of drug-likeness (QED) is 0.429. The number of hydrogen-bond acceptors (Lipinski definition) is 5. The molecule has 154 valence electrons. The second kappa shape index (κ2) is 10.1. The summed E-state index contributed by atoms with van der Waals surface area (Å²) in [5.41, 5.74) is 1.46. The minimum Gasteiger partial charge on any atom is -0.494 e. The predicted molar refractivity (Wildman–Crippen MR) is 122 cm³/mol. The number of carbonyl (C=O) groups excluding carboxylic acids is 1. The Morgan fingerprint density at radius 1 is 1.14 bits per heavy atom. The normalized spacial score (nSPS) is 11.2. The summed E-state index contributed by atoms with van der Waals surface area (Å²) < 4.78 is 6.67. The van der Waals surface area contributed by atoms with Crippen molar-refractivity contribution in [3.8, 4) is 5.75 Å². The molecule has 5 nitrogen and oxygen atoms in total. The summed E-state index contributed by atoms with van der Waals surface area (Å²) in [7, 11) is 3.98. The number of rotatable bonds is 9. The van der Waals surface area contributed by atoms with Crippen molar-refractivity contribution in [2.45, 2.75) is 19.8 Å². The number of amides is 1. The third-order valence-electron chi connectivity index (χ3n) is 4.45. The standard InChI is InChI=1S/C22H26ClN3O2S/c1-4-5-14-28-18-9-6-16(7-10-18)21(27)26(13-12-25(2)3)22-24-19-11-8-17(23)15-20(19)29-22/h6-11,15H,4-5,12-14H2,1-3H3. The number of ether oxygens (including phenoxy) is 1. The van der Waals surface area contributed by atoms with Crippen LogP contribution in [0.1, 0.15) is 30.1 Å². The van der Waals surface area contributed by atoms with Crippen molar-refractivity contribution in [2.75, 3.05) is 38.7 Å². The van der Waals surface area contributed by atoms with E-state index in [1.807, 2.05) is 56.6 Å². The van der Waals surface area contributed by atoms with Crippen LogP contribution in [0, 0.1) is 0 Å². The van der Waals surface area contributed by atoms with Gasteiger partial charge in [-0.3, -0.25) is 9.69 Å². The van der Waals surface area contributed by atoms with Gasteiger partial charge in [0.05, 0.1) is 16.8 Å². The van der Waals surface area contributed by atoms with Gasteiger partial charge in [0.25, 0.3) is 5.91 Å². The SMILES string of the molecule is CCCCOc1ccc(C(=O)N(CCN(C)C)c2nc3ccc(Cl)cc3s2)cc1. The maximum absolute atomic E-state index is 13.3. The van der Waals surface area contributed by atoms with Crippen molar-refractivity contribution >= 4 is 44.2 Å². The second-order valence-electron chi connectivity index (χ2n) is 7.09. The van der Waals surface area contributed by atoms with Gasteiger partial charge in [-0.05, 0) is 63.0 Å². The van der Waals surface area contributed by atoms with E-state index >= 15 is 0 Å². The van der Waals surface area contributed by atoms with Crippen molar-refractivity contribution in [3.05, 3.63) is 53.1 Å². The van der Waals surface area contributed by atoms with Gasteiger partial charge in [0.2, 0.25) is 0 Å². The summed E-state index contributed by atoms with van der Waals surface area (Å²) in [6.07, 6.45) is 2.10. The highest BCUT2D eigenvalue weighted by Crippen LogP contribution is 2.31. The molecule has 3 rings (SSSR count). The Bertz CT molecular complexity index is 956. The Labute approximate surface area is 180 Å². The maximum atomic E-state index is 13.3. The van der Waals surface area contributed by atoms with Crippen molar-refractivity contribution in [3.63, 3.8) is 0 Å². The Hall–Kier alpha value is -2.15. The van der Waals surface area contributed by atoms with Crippen LogP contribution in [0.3, 0.4) is 0 Å². The summed E-state index contributed by atoms with van der Waals surface area (Å²) in [6.45, 7) is 4.10. The van der Waals surface area contributed by atoms with Gasteiger partial charge in [0.15, 0.2) is 5.13 Å². The molecule has 0 saturated heterocycles. The molecule has 0 saturated carbocycles. The van der Waals surface area contributed by atoms with Crippen molar-refractivity contribution in [2.24, 2.45) is 0 Å². The zero-order valence-corrected chi connectivity index (χ0v) is 18.6. The molecule has 0 bridgehead atoms. The third-order valence-corrected chi connectivity index (χ3v) is 5.73. The average molecular weight is 432 g/mol. The van der Waals surface area contributed by atoms with Crippen LogP contribution in [-0.2, 0) is 0 Å². The zero-order chi connectivity index (χ0) is 20.8. The first-order chi connectivity index (χ1) is 14.0.